The molecule has 1 atom stereocenters. The zero-order valence-electron chi connectivity index (χ0n) is 6.40. The second-order valence-electron chi connectivity index (χ2n) is 2.56. The normalized spacial score (nSPS) is 24.8. The maximum atomic E-state index is 10.4. The summed E-state index contributed by atoms with van der Waals surface area (Å²) in [6.45, 7) is 0. The quantitative estimate of drug-likeness (QED) is 0.715. The van der Waals surface area contributed by atoms with Crippen molar-refractivity contribution in [2.45, 2.75) is 6.42 Å². The Morgan fingerprint density at radius 3 is 3.00 bits per heavy atom. The molecule has 0 aliphatic heterocycles. The van der Waals surface area contributed by atoms with Crippen LogP contribution in [0, 0.1) is 5.92 Å². The molecule has 1 N–H and O–H groups in total. The first-order valence-electron chi connectivity index (χ1n) is 3.61. The van der Waals surface area contributed by atoms with Crippen LogP contribution in [0.5, 0.6) is 0 Å². The molecule has 0 aromatic heterocycles. The molecule has 64 valence electrons. The summed E-state index contributed by atoms with van der Waals surface area (Å²) in [5, 5.41) is 8.55. The highest BCUT2D eigenvalue weighted by atomic mass is 35.5. The Bertz CT molecular complexity index is 264. The third-order valence-corrected chi connectivity index (χ3v) is 1.94. The van der Waals surface area contributed by atoms with Crippen LogP contribution in [0.2, 0.25) is 0 Å². The van der Waals surface area contributed by atoms with Gasteiger partial charge in [-0.25, -0.2) is 0 Å². The van der Waals surface area contributed by atoms with Crippen molar-refractivity contribution in [1.29, 1.82) is 0 Å². The Balaban J connectivity index is 2.70. The first kappa shape index (κ1) is 9.07. The molecule has 0 amide bonds. The molecule has 3 heteroatoms. The smallest absolute Gasteiger partial charge is 0.304 e. The highest BCUT2D eigenvalue weighted by Crippen LogP contribution is 2.22. The van der Waals surface area contributed by atoms with Crippen LogP contribution in [0.1, 0.15) is 6.42 Å². The molecule has 0 aromatic carbocycles. The summed E-state index contributed by atoms with van der Waals surface area (Å²) in [5.74, 6) is -0.888. The van der Waals surface area contributed by atoms with Gasteiger partial charge in [0.15, 0.2) is 0 Å². The van der Waals surface area contributed by atoms with Gasteiger partial charge >= 0.3 is 5.97 Å². The Morgan fingerprint density at radius 2 is 2.42 bits per heavy atom. The largest absolute Gasteiger partial charge is 0.481 e. The molecule has 0 heterocycles. The van der Waals surface area contributed by atoms with Crippen molar-refractivity contribution >= 4 is 17.6 Å². The van der Waals surface area contributed by atoms with Crippen LogP contribution in [0.3, 0.4) is 0 Å². The summed E-state index contributed by atoms with van der Waals surface area (Å²) in [7, 11) is 0. The Morgan fingerprint density at radius 1 is 1.67 bits per heavy atom. The van der Waals surface area contributed by atoms with Crippen LogP contribution < -0.4 is 0 Å². The van der Waals surface area contributed by atoms with Gasteiger partial charge in [0.2, 0.25) is 0 Å². The summed E-state index contributed by atoms with van der Waals surface area (Å²) in [4.78, 5) is 10.4. The molecule has 1 aliphatic rings. The second-order valence-corrected chi connectivity index (χ2v) is 2.78. The van der Waals surface area contributed by atoms with Gasteiger partial charge < -0.3 is 5.11 Å². The fraction of sp³-hybridized carbons (Fsp3) is 0.222. The first-order chi connectivity index (χ1) is 5.74. The summed E-state index contributed by atoms with van der Waals surface area (Å²) in [5.41, 5.74) is 2.27. The minimum absolute atomic E-state index is 0.0787. The molecule has 1 rings (SSSR count). The third kappa shape index (κ3) is 2.24. The molecule has 0 saturated carbocycles. The van der Waals surface area contributed by atoms with E-state index in [1.54, 1.807) is 0 Å². The number of rotatable bonds is 2. The number of aliphatic carboxylic acids is 1. The molecule has 0 spiro atoms. The highest BCUT2D eigenvalue weighted by Gasteiger charge is 2.14. The zero-order chi connectivity index (χ0) is 8.97. The average Bonchev–Trinajstić information content (AvgIpc) is 2.04. The maximum absolute atomic E-state index is 10.4. The SMILES string of the molecule is O=C(O)CC1C=CC=C/C1=C\Cl. The molecular weight excluding hydrogens is 176 g/mol. The fourth-order valence-corrected chi connectivity index (χ4v) is 1.33. The van der Waals surface area contributed by atoms with Gasteiger partial charge in [0.25, 0.3) is 0 Å². The second kappa shape index (κ2) is 4.12. The van der Waals surface area contributed by atoms with Gasteiger partial charge in [0, 0.05) is 11.5 Å². The first-order valence-corrected chi connectivity index (χ1v) is 4.04. The number of carboxylic acids is 1. The van der Waals surface area contributed by atoms with Crippen LogP contribution >= 0.6 is 11.6 Å². The van der Waals surface area contributed by atoms with Crippen molar-refractivity contribution in [3.05, 3.63) is 35.4 Å². The lowest BCUT2D eigenvalue weighted by Gasteiger charge is -2.12. The monoisotopic (exact) mass is 184 g/mol. The van der Waals surface area contributed by atoms with E-state index in [4.69, 9.17) is 16.7 Å². The maximum Gasteiger partial charge on any atom is 0.304 e. The number of carbonyl (C=O) groups is 1. The van der Waals surface area contributed by atoms with E-state index in [1.807, 2.05) is 24.3 Å². The fourth-order valence-electron chi connectivity index (χ4n) is 1.09. The van der Waals surface area contributed by atoms with Crippen LogP contribution in [-0.2, 0) is 4.79 Å². The molecule has 12 heavy (non-hydrogen) atoms. The summed E-state index contributed by atoms with van der Waals surface area (Å²) >= 11 is 5.52. The molecule has 0 bridgehead atoms. The molecular formula is C9H9ClO2. The standard InChI is InChI=1S/C9H9ClO2/c10-6-8-4-2-1-3-7(8)5-9(11)12/h1-4,6-7H,5H2,(H,11,12)/b8-6+. The predicted molar refractivity (Wildman–Crippen MR) is 48.0 cm³/mol. The van der Waals surface area contributed by atoms with Crippen molar-refractivity contribution in [3.8, 4) is 0 Å². The van der Waals surface area contributed by atoms with Crippen molar-refractivity contribution in [2.75, 3.05) is 0 Å². The molecule has 0 fully saturated rings. The predicted octanol–water partition coefficient (Wildman–Crippen LogP) is 2.33. The average molecular weight is 185 g/mol. The van der Waals surface area contributed by atoms with Gasteiger partial charge in [-0.1, -0.05) is 35.9 Å². The molecule has 2 nitrogen and oxygen atoms in total. The van der Waals surface area contributed by atoms with Crippen LogP contribution in [0.15, 0.2) is 35.4 Å². The molecule has 0 saturated heterocycles. The van der Waals surface area contributed by atoms with Crippen LogP contribution in [0.4, 0.5) is 0 Å². The van der Waals surface area contributed by atoms with E-state index in [1.165, 1.54) is 5.54 Å². The van der Waals surface area contributed by atoms with E-state index < -0.39 is 5.97 Å². The Labute approximate surface area is 75.8 Å². The van der Waals surface area contributed by atoms with E-state index in [0.717, 1.165) is 5.57 Å². The molecule has 0 aromatic rings. The number of hydrogen-bond donors (Lipinski definition) is 1. The Kier molecular flexibility index (Phi) is 3.11. The number of hydrogen-bond acceptors (Lipinski definition) is 1. The van der Waals surface area contributed by atoms with Gasteiger partial charge in [-0.15, -0.1) is 0 Å². The van der Waals surface area contributed by atoms with Crippen molar-refractivity contribution in [2.24, 2.45) is 5.92 Å². The van der Waals surface area contributed by atoms with Gasteiger partial charge in [0.05, 0.1) is 6.42 Å². The number of allylic oxidation sites excluding steroid dienone is 5. The van der Waals surface area contributed by atoms with Crippen LogP contribution in [0.25, 0.3) is 0 Å². The van der Waals surface area contributed by atoms with Gasteiger partial charge in [0.1, 0.15) is 0 Å². The van der Waals surface area contributed by atoms with E-state index in [2.05, 4.69) is 0 Å². The van der Waals surface area contributed by atoms with Gasteiger partial charge in [-0.2, -0.15) is 0 Å². The molecule has 1 unspecified atom stereocenters. The van der Waals surface area contributed by atoms with E-state index >= 15 is 0 Å². The minimum Gasteiger partial charge on any atom is -0.481 e. The molecule has 1 aliphatic carbocycles. The van der Waals surface area contributed by atoms with E-state index in [0.29, 0.717) is 0 Å². The van der Waals surface area contributed by atoms with Crippen molar-refractivity contribution in [3.63, 3.8) is 0 Å². The topological polar surface area (TPSA) is 37.3 Å². The lowest BCUT2D eigenvalue weighted by Crippen LogP contribution is -2.08. The van der Waals surface area contributed by atoms with Gasteiger partial charge in [-0.3, -0.25) is 4.79 Å². The van der Waals surface area contributed by atoms with E-state index in [-0.39, 0.29) is 12.3 Å². The number of halogens is 1. The summed E-state index contributed by atoms with van der Waals surface area (Å²) in [6, 6.07) is 0. The summed E-state index contributed by atoms with van der Waals surface area (Å²) < 4.78 is 0. The molecule has 0 radical (unpaired) electrons. The van der Waals surface area contributed by atoms with E-state index in [9.17, 15) is 4.79 Å². The Hall–Kier alpha value is -1.02. The van der Waals surface area contributed by atoms with Crippen LogP contribution in [-0.4, -0.2) is 11.1 Å². The minimum atomic E-state index is -0.809. The highest BCUT2D eigenvalue weighted by molar-refractivity contribution is 6.25. The zero-order valence-corrected chi connectivity index (χ0v) is 7.16. The third-order valence-electron chi connectivity index (χ3n) is 1.69. The van der Waals surface area contributed by atoms with Crippen molar-refractivity contribution in [1.82, 2.24) is 0 Å². The lowest BCUT2D eigenvalue weighted by molar-refractivity contribution is -0.137. The van der Waals surface area contributed by atoms with Gasteiger partial charge in [-0.05, 0) is 5.57 Å². The summed E-state index contributed by atoms with van der Waals surface area (Å²) in [6.07, 6.45) is 7.42. The number of carboxylic acid groups (broad SMARTS) is 1. The van der Waals surface area contributed by atoms with Crippen molar-refractivity contribution < 1.29 is 9.90 Å². The lowest BCUT2D eigenvalue weighted by atomic mass is 9.93.